The summed E-state index contributed by atoms with van der Waals surface area (Å²) >= 11 is 1.62. The van der Waals surface area contributed by atoms with Crippen molar-refractivity contribution in [3.8, 4) is 11.1 Å². The molecule has 0 aliphatic heterocycles. The largest absolute Gasteiger partial charge is 0.458 e. The minimum Gasteiger partial charge on any atom is -0.458 e. The molecule has 1 amide bonds. The molecule has 47 heavy (non-hydrogen) atoms. The molecule has 0 aromatic heterocycles. The number of rotatable bonds is 9. The van der Waals surface area contributed by atoms with Gasteiger partial charge in [0, 0.05) is 5.75 Å². The summed E-state index contributed by atoms with van der Waals surface area (Å²) in [5, 5.41) is 0. The van der Waals surface area contributed by atoms with Gasteiger partial charge in [-0.1, -0.05) is 140 Å². The van der Waals surface area contributed by atoms with Crippen molar-refractivity contribution in [3.63, 3.8) is 0 Å². The fourth-order valence-corrected chi connectivity index (χ4v) is 8.16. The van der Waals surface area contributed by atoms with Crippen molar-refractivity contribution in [3.05, 3.63) is 167 Å². The fourth-order valence-electron chi connectivity index (χ4n) is 6.55. The van der Waals surface area contributed by atoms with Gasteiger partial charge in [-0.3, -0.25) is 4.90 Å². The predicted molar refractivity (Wildman–Crippen MR) is 189 cm³/mol. The molecule has 0 saturated heterocycles. The van der Waals surface area contributed by atoms with Crippen molar-refractivity contribution in [2.75, 3.05) is 12.9 Å². The third kappa shape index (κ3) is 6.30. The lowest BCUT2D eigenvalue weighted by Gasteiger charge is -2.40. The molecule has 6 rings (SSSR count). The normalized spacial score (nSPS) is 13.3. The first-order valence-corrected chi connectivity index (χ1v) is 16.8. The number of nitrogens with zero attached hydrogens (tertiary/aromatic N) is 1. The van der Waals surface area contributed by atoms with E-state index in [4.69, 9.17) is 9.47 Å². The third-order valence-corrected chi connectivity index (χ3v) is 10.1. The van der Waals surface area contributed by atoms with Crippen molar-refractivity contribution in [2.24, 2.45) is 0 Å². The number of carbonyl (C=O) groups excluding carboxylic acids is 2. The van der Waals surface area contributed by atoms with E-state index in [-0.39, 0.29) is 5.75 Å². The van der Waals surface area contributed by atoms with E-state index in [0.717, 1.165) is 38.9 Å². The van der Waals surface area contributed by atoms with Crippen molar-refractivity contribution >= 4 is 23.8 Å². The SMILES string of the molecule is COC(=O)N(C(CSC(c1ccccc1)(c1ccccc1)c1ccccc1)C(=O)OC(C)(C)C)C1c2ccccc2-c2ccccc21. The highest BCUT2D eigenvalue weighted by Gasteiger charge is 2.46. The Balaban J connectivity index is 1.53. The van der Waals surface area contributed by atoms with Crippen LogP contribution in [-0.4, -0.2) is 41.5 Å². The molecule has 0 saturated carbocycles. The van der Waals surface area contributed by atoms with E-state index in [1.165, 1.54) is 7.11 Å². The highest BCUT2D eigenvalue weighted by molar-refractivity contribution is 8.00. The zero-order chi connectivity index (χ0) is 33.0. The molecular formula is C41H39NO4S. The molecule has 1 aliphatic carbocycles. The van der Waals surface area contributed by atoms with Crippen LogP contribution < -0.4 is 0 Å². The van der Waals surface area contributed by atoms with Gasteiger partial charge in [-0.25, -0.2) is 9.59 Å². The standard InChI is InChI=1S/C41H39NO4S/c1-40(2,3)46-38(43)36(42(39(44)45-4)37-34-26-16-14-24-32(34)33-25-15-17-27-35(33)37)28-47-41(29-18-8-5-9-19-29,30-20-10-6-11-21-30)31-22-12-7-13-23-31/h5-27,36-37H,28H2,1-4H3. The topological polar surface area (TPSA) is 55.8 Å². The summed E-state index contributed by atoms with van der Waals surface area (Å²) in [4.78, 5) is 30.1. The Morgan fingerprint density at radius 2 is 1.06 bits per heavy atom. The molecule has 1 atom stereocenters. The maximum atomic E-state index is 14.4. The molecule has 1 unspecified atom stereocenters. The number of esters is 1. The summed E-state index contributed by atoms with van der Waals surface area (Å²) in [6, 6.07) is 45.5. The van der Waals surface area contributed by atoms with E-state index in [9.17, 15) is 9.59 Å². The van der Waals surface area contributed by atoms with Crippen LogP contribution in [0.5, 0.6) is 0 Å². The Bertz CT molecular complexity index is 1690. The molecule has 0 fully saturated rings. The lowest BCUT2D eigenvalue weighted by molar-refractivity contribution is -0.160. The summed E-state index contributed by atoms with van der Waals surface area (Å²) in [6.07, 6.45) is -0.595. The monoisotopic (exact) mass is 641 g/mol. The lowest BCUT2D eigenvalue weighted by atomic mass is 9.84. The van der Waals surface area contributed by atoms with Gasteiger partial charge in [-0.05, 0) is 59.7 Å². The number of carbonyl (C=O) groups is 2. The average molecular weight is 642 g/mol. The number of methoxy groups -OCH3 is 1. The molecule has 0 N–H and O–H groups in total. The number of ether oxygens (including phenoxy) is 2. The van der Waals surface area contributed by atoms with Crippen LogP contribution in [0.1, 0.15) is 54.6 Å². The Kier molecular flexibility index (Phi) is 9.24. The highest BCUT2D eigenvalue weighted by Crippen LogP contribution is 2.51. The van der Waals surface area contributed by atoms with Crippen molar-refractivity contribution in [1.82, 2.24) is 4.90 Å². The van der Waals surface area contributed by atoms with E-state index in [1.807, 2.05) is 112 Å². The zero-order valence-corrected chi connectivity index (χ0v) is 27.9. The third-order valence-electron chi connectivity index (χ3n) is 8.48. The van der Waals surface area contributed by atoms with E-state index >= 15 is 0 Å². The summed E-state index contributed by atoms with van der Waals surface area (Å²) < 4.78 is 10.9. The first-order chi connectivity index (χ1) is 22.7. The van der Waals surface area contributed by atoms with Gasteiger partial charge in [0.15, 0.2) is 0 Å². The van der Waals surface area contributed by atoms with Gasteiger partial charge in [-0.2, -0.15) is 0 Å². The molecule has 1 aliphatic rings. The number of amides is 1. The van der Waals surface area contributed by atoms with E-state index in [2.05, 4.69) is 48.5 Å². The second-order valence-electron chi connectivity index (χ2n) is 12.6. The minimum absolute atomic E-state index is 0.226. The van der Waals surface area contributed by atoms with Gasteiger partial charge in [0.2, 0.25) is 0 Å². The Labute approximate surface area is 281 Å². The Hall–Kier alpha value is -4.81. The molecule has 5 aromatic carbocycles. The molecule has 0 spiro atoms. The Morgan fingerprint density at radius 3 is 1.47 bits per heavy atom. The molecule has 238 valence electrons. The highest BCUT2D eigenvalue weighted by atomic mass is 32.2. The second kappa shape index (κ2) is 13.5. The maximum Gasteiger partial charge on any atom is 0.411 e. The molecule has 0 heterocycles. The fraction of sp³-hybridized carbons (Fsp3) is 0.220. The van der Waals surface area contributed by atoms with Gasteiger partial charge in [0.05, 0.1) is 17.9 Å². The first kappa shape index (κ1) is 32.1. The van der Waals surface area contributed by atoms with E-state index < -0.39 is 34.5 Å². The quantitative estimate of drug-likeness (QED) is 0.119. The van der Waals surface area contributed by atoms with Crippen molar-refractivity contribution in [2.45, 2.75) is 43.2 Å². The lowest BCUT2D eigenvalue weighted by Crippen LogP contribution is -2.51. The Morgan fingerprint density at radius 1 is 0.660 bits per heavy atom. The minimum atomic E-state index is -0.994. The number of hydrogen-bond donors (Lipinski definition) is 0. The molecule has 5 nitrogen and oxygen atoms in total. The van der Waals surface area contributed by atoms with Crippen LogP contribution in [0.15, 0.2) is 140 Å². The van der Waals surface area contributed by atoms with Crippen LogP contribution in [-0.2, 0) is 19.0 Å². The molecule has 5 aromatic rings. The summed E-state index contributed by atoms with van der Waals surface area (Å²) in [6.45, 7) is 5.54. The maximum absolute atomic E-state index is 14.4. The van der Waals surface area contributed by atoms with Gasteiger partial charge >= 0.3 is 12.1 Å². The number of hydrogen-bond acceptors (Lipinski definition) is 5. The molecular weight excluding hydrogens is 603 g/mol. The van der Waals surface area contributed by atoms with Crippen LogP contribution in [0.3, 0.4) is 0 Å². The molecule has 6 heteroatoms. The van der Waals surface area contributed by atoms with Crippen LogP contribution in [0.4, 0.5) is 4.79 Å². The zero-order valence-electron chi connectivity index (χ0n) is 27.1. The smallest absolute Gasteiger partial charge is 0.411 e. The van der Waals surface area contributed by atoms with E-state index in [1.54, 1.807) is 16.7 Å². The van der Waals surface area contributed by atoms with Gasteiger partial charge in [-0.15, -0.1) is 11.8 Å². The van der Waals surface area contributed by atoms with Crippen LogP contribution in [0.25, 0.3) is 11.1 Å². The molecule has 0 bridgehead atoms. The van der Waals surface area contributed by atoms with Gasteiger partial charge < -0.3 is 9.47 Å². The van der Waals surface area contributed by atoms with Crippen LogP contribution in [0, 0.1) is 0 Å². The first-order valence-electron chi connectivity index (χ1n) is 15.8. The van der Waals surface area contributed by atoms with E-state index in [0.29, 0.717) is 0 Å². The summed E-state index contributed by atoms with van der Waals surface area (Å²) in [5.41, 5.74) is 6.36. The van der Waals surface area contributed by atoms with Crippen LogP contribution >= 0.6 is 11.8 Å². The average Bonchev–Trinajstić information content (AvgIpc) is 3.42. The van der Waals surface area contributed by atoms with Crippen molar-refractivity contribution < 1.29 is 19.1 Å². The van der Waals surface area contributed by atoms with Crippen LogP contribution in [0.2, 0.25) is 0 Å². The van der Waals surface area contributed by atoms with Gasteiger partial charge in [0.25, 0.3) is 0 Å². The number of fused-ring (bicyclic) bond motifs is 3. The predicted octanol–water partition coefficient (Wildman–Crippen LogP) is 9.26. The summed E-state index contributed by atoms with van der Waals surface area (Å²) in [5.74, 6) is -0.260. The number of thioether (sulfide) groups is 1. The molecule has 0 radical (unpaired) electrons. The van der Waals surface area contributed by atoms with Gasteiger partial charge in [0.1, 0.15) is 11.6 Å². The second-order valence-corrected chi connectivity index (χ2v) is 13.8. The summed E-state index contributed by atoms with van der Waals surface area (Å²) in [7, 11) is 1.36. The van der Waals surface area contributed by atoms with Crippen molar-refractivity contribution in [1.29, 1.82) is 0 Å². The number of benzene rings is 5.